The lowest BCUT2D eigenvalue weighted by molar-refractivity contribution is 0.569. The van der Waals surface area contributed by atoms with Crippen LogP contribution in [0.2, 0.25) is 5.28 Å². The molecule has 1 saturated heterocycles. The maximum atomic E-state index is 5.99. The largest absolute Gasteiger partial charge is 0.394 e. The van der Waals surface area contributed by atoms with Crippen molar-refractivity contribution in [1.29, 1.82) is 0 Å². The Morgan fingerprint density at radius 1 is 1.50 bits per heavy atom. The first-order chi connectivity index (χ1) is 7.61. The van der Waals surface area contributed by atoms with Gasteiger partial charge in [-0.2, -0.15) is 4.98 Å². The van der Waals surface area contributed by atoms with Crippen LogP contribution in [0.4, 0.5) is 11.5 Å². The molecule has 0 radical (unpaired) electrons. The van der Waals surface area contributed by atoms with Gasteiger partial charge in [0.25, 0.3) is 0 Å². The topological polar surface area (TPSA) is 55.0 Å². The number of halogens is 1. The molecule has 0 aliphatic carbocycles. The van der Waals surface area contributed by atoms with Gasteiger partial charge >= 0.3 is 0 Å². The Hall–Kier alpha value is -1.03. The number of hydrogen-bond donors (Lipinski definition) is 1. The summed E-state index contributed by atoms with van der Waals surface area (Å²) in [6, 6.07) is 0. The lowest BCUT2D eigenvalue weighted by Gasteiger charge is -2.19. The summed E-state index contributed by atoms with van der Waals surface area (Å²) in [7, 11) is 0. The molecule has 1 unspecified atom stereocenters. The molecule has 0 saturated carbocycles. The summed E-state index contributed by atoms with van der Waals surface area (Å²) in [5.74, 6) is 1.54. The van der Waals surface area contributed by atoms with Crippen LogP contribution in [0.25, 0.3) is 0 Å². The summed E-state index contributed by atoms with van der Waals surface area (Å²) in [4.78, 5) is 10.5. The Labute approximate surface area is 101 Å². The van der Waals surface area contributed by atoms with Gasteiger partial charge in [0.1, 0.15) is 0 Å². The van der Waals surface area contributed by atoms with Gasteiger partial charge in [-0.3, -0.25) is 0 Å². The maximum absolute atomic E-state index is 5.99. The van der Waals surface area contributed by atoms with E-state index in [1.807, 2.05) is 6.92 Å². The average Bonchev–Trinajstić information content (AvgIpc) is 2.71. The van der Waals surface area contributed by atoms with Crippen LogP contribution in [0.1, 0.15) is 25.5 Å². The molecule has 1 aromatic heterocycles. The van der Waals surface area contributed by atoms with Gasteiger partial charge in [0.2, 0.25) is 5.28 Å². The first kappa shape index (κ1) is 11.5. The van der Waals surface area contributed by atoms with Crippen LogP contribution < -0.4 is 10.6 Å². The quantitative estimate of drug-likeness (QED) is 0.806. The lowest BCUT2D eigenvalue weighted by Crippen LogP contribution is -2.22. The van der Waals surface area contributed by atoms with Crippen molar-refractivity contribution in [3.05, 3.63) is 11.0 Å². The highest BCUT2D eigenvalue weighted by Crippen LogP contribution is 2.30. The normalized spacial score (nSPS) is 20.4. The van der Waals surface area contributed by atoms with E-state index in [1.165, 1.54) is 12.8 Å². The minimum absolute atomic E-state index is 0.279. The minimum atomic E-state index is 0.279. The Balaban J connectivity index is 2.27. The van der Waals surface area contributed by atoms with E-state index in [-0.39, 0.29) is 5.28 Å². The van der Waals surface area contributed by atoms with Crippen molar-refractivity contribution in [3.8, 4) is 0 Å². The van der Waals surface area contributed by atoms with Gasteiger partial charge in [-0.05, 0) is 30.9 Å². The molecule has 2 N–H and O–H groups in total. The van der Waals surface area contributed by atoms with Crippen molar-refractivity contribution in [2.75, 3.05) is 23.7 Å². The van der Waals surface area contributed by atoms with E-state index < -0.39 is 0 Å². The highest BCUT2D eigenvalue weighted by atomic mass is 35.5. The molecule has 1 aliphatic heterocycles. The van der Waals surface area contributed by atoms with Crippen molar-refractivity contribution >= 4 is 23.1 Å². The maximum Gasteiger partial charge on any atom is 0.224 e. The van der Waals surface area contributed by atoms with Crippen molar-refractivity contribution in [2.45, 2.75) is 26.7 Å². The van der Waals surface area contributed by atoms with Gasteiger partial charge in [0, 0.05) is 13.1 Å². The first-order valence-corrected chi connectivity index (χ1v) is 6.04. The molecular formula is C11H17ClN4. The zero-order valence-corrected chi connectivity index (χ0v) is 10.5. The van der Waals surface area contributed by atoms with Crippen molar-refractivity contribution in [3.63, 3.8) is 0 Å². The molecule has 0 spiro atoms. The molecule has 16 heavy (non-hydrogen) atoms. The third-order valence-corrected chi connectivity index (χ3v) is 3.42. The average molecular weight is 241 g/mol. The predicted octanol–water partition coefficient (Wildman–Crippen LogP) is 2.26. The third kappa shape index (κ3) is 2.07. The zero-order chi connectivity index (χ0) is 11.7. The molecule has 2 heterocycles. The summed E-state index contributed by atoms with van der Waals surface area (Å²) in [6.45, 7) is 6.11. The molecule has 4 nitrogen and oxygen atoms in total. The van der Waals surface area contributed by atoms with Gasteiger partial charge < -0.3 is 10.6 Å². The predicted molar refractivity (Wildman–Crippen MR) is 66.8 cm³/mol. The molecule has 0 bridgehead atoms. The first-order valence-electron chi connectivity index (χ1n) is 5.66. The van der Waals surface area contributed by atoms with Gasteiger partial charge in [0.05, 0.1) is 11.4 Å². The number of anilines is 2. The summed E-state index contributed by atoms with van der Waals surface area (Å²) in [5, 5.41) is 0.279. The monoisotopic (exact) mass is 240 g/mol. The van der Waals surface area contributed by atoms with E-state index in [1.54, 1.807) is 0 Å². The van der Waals surface area contributed by atoms with Gasteiger partial charge in [-0.15, -0.1) is 0 Å². The van der Waals surface area contributed by atoms with Gasteiger partial charge in [0.15, 0.2) is 5.82 Å². The van der Waals surface area contributed by atoms with E-state index in [0.717, 1.165) is 30.5 Å². The van der Waals surface area contributed by atoms with Crippen LogP contribution in [-0.2, 0) is 0 Å². The Kier molecular flexibility index (Phi) is 3.19. The molecule has 2 rings (SSSR count). The Bertz CT molecular complexity index is 394. The molecule has 1 atom stereocenters. The molecule has 1 aliphatic rings. The fraction of sp³-hybridized carbons (Fsp3) is 0.636. The Morgan fingerprint density at radius 2 is 2.25 bits per heavy atom. The van der Waals surface area contributed by atoms with Crippen molar-refractivity contribution < 1.29 is 0 Å². The molecule has 0 aromatic carbocycles. The van der Waals surface area contributed by atoms with Gasteiger partial charge in [-0.25, -0.2) is 4.98 Å². The lowest BCUT2D eigenvalue weighted by atomic mass is 10.1. The third-order valence-electron chi connectivity index (χ3n) is 3.25. The van der Waals surface area contributed by atoms with E-state index in [4.69, 9.17) is 17.3 Å². The van der Waals surface area contributed by atoms with Crippen LogP contribution in [0.3, 0.4) is 0 Å². The fourth-order valence-electron chi connectivity index (χ4n) is 2.13. The highest BCUT2D eigenvalue weighted by Gasteiger charge is 2.24. The smallest absolute Gasteiger partial charge is 0.224 e. The fourth-order valence-corrected chi connectivity index (χ4v) is 2.34. The second-order valence-electron chi connectivity index (χ2n) is 4.32. The molecule has 88 valence electrons. The number of nitrogens with zero attached hydrogens (tertiary/aromatic N) is 3. The van der Waals surface area contributed by atoms with Crippen LogP contribution in [-0.4, -0.2) is 23.1 Å². The van der Waals surface area contributed by atoms with Crippen LogP contribution in [0.5, 0.6) is 0 Å². The zero-order valence-electron chi connectivity index (χ0n) is 9.70. The van der Waals surface area contributed by atoms with Crippen LogP contribution >= 0.6 is 11.6 Å². The Morgan fingerprint density at radius 3 is 2.88 bits per heavy atom. The number of hydrogen-bond acceptors (Lipinski definition) is 4. The van der Waals surface area contributed by atoms with E-state index >= 15 is 0 Å². The standard InChI is InChI=1S/C11H17ClN4/c1-3-8-4-5-16(6-8)10-9(13)7(2)14-11(12)15-10/h8H,3-6,13H2,1-2H3. The molecule has 5 heteroatoms. The SMILES string of the molecule is CCC1CCN(c2nc(Cl)nc(C)c2N)C1. The van der Waals surface area contributed by atoms with Crippen molar-refractivity contribution in [2.24, 2.45) is 5.92 Å². The van der Waals surface area contributed by atoms with Crippen molar-refractivity contribution in [1.82, 2.24) is 9.97 Å². The van der Waals surface area contributed by atoms with E-state index in [9.17, 15) is 0 Å². The summed E-state index contributed by atoms with van der Waals surface area (Å²) in [6.07, 6.45) is 2.41. The molecule has 1 fully saturated rings. The number of aryl methyl sites for hydroxylation is 1. The van der Waals surface area contributed by atoms with Gasteiger partial charge in [-0.1, -0.05) is 13.3 Å². The second-order valence-corrected chi connectivity index (χ2v) is 4.66. The van der Waals surface area contributed by atoms with Crippen LogP contribution in [0, 0.1) is 12.8 Å². The summed E-state index contributed by atoms with van der Waals surface area (Å²) in [5.41, 5.74) is 7.41. The molecular weight excluding hydrogens is 224 g/mol. The molecule has 0 amide bonds. The number of nitrogens with two attached hydrogens (primary N) is 1. The molecule has 1 aromatic rings. The minimum Gasteiger partial charge on any atom is -0.394 e. The highest BCUT2D eigenvalue weighted by molar-refractivity contribution is 6.28. The number of rotatable bonds is 2. The second kappa shape index (κ2) is 4.45. The van der Waals surface area contributed by atoms with Crippen LogP contribution in [0.15, 0.2) is 0 Å². The summed E-state index contributed by atoms with van der Waals surface area (Å²) >= 11 is 5.87. The van der Waals surface area contributed by atoms with E-state index in [0.29, 0.717) is 5.69 Å². The van der Waals surface area contributed by atoms with E-state index in [2.05, 4.69) is 21.8 Å². The summed E-state index contributed by atoms with van der Waals surface area (Å²) < 4.78 is 0. The number of aromatic nitrogens is 2. The number of nitrogen functional groups attached to an aromatic ring is 1.